The van der Waals surface area contributed by atoms with Gasteiger partial charge in [-0.3, -0.25) is 4.79 Å². The molecule has 0 heterocycles. The quantitative estimate of drug-likeness (QED) is 0.473. The summed E-state index contributed by atoms with van der Waals surface area (Å²) < 4.78 is 0. The number of carboxylic acid groups (broad SMARTS) is 1. The Kier molecular flexibility index (Phi) is 7.87. The second-order valence-corrected chi connectivity index (χ2v) is 5.03. The van der Waals surface area contributed by atoms with Crippen molar-refractivity contribution in [3.8, 4) is 0 Å². The maximum atomic E-state index is 11.1. The normalized spacial score (nSPS) is 13.9. The number of hydrogen-bond donors (Lipinski definition) is 4. The van der Waals surface area contributed by atoms with E-state index in [-0.39, 0.29) is 6.04 Å². The van der Waals surface area contributed by atoms with Crippen molar-refractivity contribution in [2.24, 2.45) is 11.5 Å². The van der Waals surface area contributed by atoms with Gasteiger partial charge in [-0.05, 0) is 31.4 Å². The molecule has 1 aromatic rings. The number of carboxylic acids is 1. The molecule has 0 saturated heterocycles. The Balaban J connectivity index is 2.32. The van der Waals surface area contributed by atoms with E-state index in [9.17, 15) is 4.79 Å². The number of rotatable bonds is 10. The zero-order valence-corrected chi connectivity index (χ0v) is 11.8. The molecule has 0 aliphatic rings. The topological polar surface area (TPSA) is 101 Å². The highest BCUT2D eigenvalue weighted by atomic mass is 16.4. The Bertz CT molecular complexity index is 384. The summed E-state index contributed by atoms with van der Waals surface area (Å²) in [5, 5.41) is 12.2. The van der Waals surface area contributed by atoms with E-state index in [2.05, 4.69) is 5.32 Å². The highest BCUT2D eigenvalue weighted by molar-refractivity contribution is 5.73. The molecule has 0 unspecified atom stereocenters. The fourth-order valence-corrected chi connectivity index (χ4v) is 2.09. The van der Waals surface area contributed by atoms with Gasteiger partial charge in [0, 0.05) is 12.6 Å². The summed E-state index contributed by atoms with van der Waals surface area (Å²) >= 11 is 0. The standard InChI is InChI=1S/C15H25N3O2/c16-9-5-4-8-14(15(19)20)18-11-13(17)10-12-6-2-1-3-7-12/h1-3,6-7,13-14,18H,4-5,8-11,16-17H2,(H,19,20)/t13-,14-/m0/s1. The van der Waals surface area contributed by atoms with Crippen LogP contribution in [0.1, 0.15) is 24.8 Å². The van der Waals surface area contributed by atoms with Crippen LogP contribution in [-0.4, -0.2) is 36.2 Å². The van der Waals surface area contributed by atoms with Crippen LogP contribution in [0.2, 0.25) is 0 Å². The summed E-state index contributed by atoms with van der Waals surface area (Å²) in [4.78, 5) is 11.1. The SMILES string of the molecule is NCCCC[C@H](NC[C@@H](N)Cc1ccccc1)C(=O)O. The van der Waals surface area contributed by atoms with E-state index in [0.29, 0.717) is 19.5 Å². The number of nitrogens with two attached hydrogens (primary N) is 2. The highest BCUT2D eigenvalue weighted by Gasteiger charge is 2.17. The minimum absolute atomic E-state index is 0.0891. The van der Waals surface area contributed by atoms with Crippen molar-refractivity contribution in [2.75, 3.05) is 13.1 Å². The van der Waals surface area contributed by atoms with Crippen LogP contribution in [0.4, 0.5) is 0 Å². The van der Waals surface area contributed by atoms with E-state index >= 15 is 0 Å². The Hall–Kier alpha value is -1.43. The molecule has 0 amide bonds. The van der Waals surface area contributed by atoms with E-state index in [4.69, 9.17) is 16.6 Å². The number of hydrogen-bond acceptors (Lipinski definition) is 4. The van der Waals surface area contributed by atoms with Crippen molar-refractivity contribution in [2.45, 2.75) is 37.8 Å². The van der Waals surface area contributed by atoms with Crippen LogP contribution < -0.4 is 16.8 Å². The summed E-state index contributed by atoms with van der Waals surface area (Å²) in [6, 6.07) is 9.33. The fraction of sp³-hybridized carbons (Fsp3) is 0.533. The smallest absolute Gasteiger partial charge is 0.320 e. The van der Waals surface area contributed by atoms with Crippen LogP contribution in [0.3, 0.4) is 0 Å². The van der Waals surface area contributed by atoms with Gasteiger partial charge in [0.25, 0.3) is 0 Å². The first-order valence-electron chi connectivity index (χ1n) is 7.09. The van der Waals surface area contributed by atoms with Crippen LogP contribution in [0.5, 0.6) is 0 Å². The van der Waals surface area contributed by atoms with Crippen LogP contribution in [0.15, 0.2) is 30.3 Å². The maximum Gasteiger partial charge on any atom is 0.320 e. The minimum atomic E-state index is -0.825. The molecule has 20 heavy (non-hydrogen) atoms. The van der Waals surface area contributed by atoms with Crippen LogP contribution in [0, 0.1) is 0 Å². The summed E-state index contributed by atoms with van der Waals surface area (Å²) in [6.07, 6.45) is 2.99. The van der Waals surface area contributed by atoms with Gasteiger partial charge < -0.3 is 21.9 Å². The van der Waals surface area contributed by atoms with Crippen molar-refractivity contribution in [3.63, 3.8) is 0 Å². The Morgan fingerprint density at radius 3 is 2.55 bits per heavy atom. The molecular formula is C15H25N3O2. The molecule has 2 atom stereocenters. The number of benzene rings is 1. The third-order valence-electron chi connectivity index (χ3n) is 3.21. The molecule has 0 aliphatic carbocycles. The molecule has 1 aromatic carbocycles. The average molecular weight is 279 g/mol. The molecule has 0 bridgehead atoms. The van der Waals surface area contributed by atoms with Crippen molar-refractivity contribution >= 4 is 5.97 Å². The first-order valence-corrected chi connectivity index (χ1v) is 7.09. The van der Waals surface area contributed by atoms with Crippen LogP contribution in [0.25, 0.3) is 0 Å². The number of nitrogens with one attached hydrogen (secondary N) is 1. The van der Waals surface area contributed by atoms with Gasteiger partial charge in [-0.1, -0.05) is 36.8 Å². The van der Waals surface area contributed by atoms with E-state index in [1.807, 2.05) is 30.3 Å². The molecule has 0 spiro atoms. The second kappa shape index (κ2) is 9.47. The highest BCUT2D eigenvalue weighted by Crippen LogP contribution is 2.03. The molecule has 5 nitrogen and oxygen atoms in total. The predicted octanol–water partition coefficient (Wildman–Crippen LogP) is 0.728. The molecular weight excluding hydrogens is 254 g/mol. The summed E-state index contributed by atoms with van der Waals surface area (Å²) in [7, 11) is 0. The summed E-state index contributed by atoms with van der Waals surface area (Å²) in [5.74, 6) is -0.825. The third-order valence-corrected chi connectivity index (χ3v) is 3.21. The molecule has 0 aliphatic heterocycles. The van der Waals surface area contributed by atoms with Gasteiger partial charge >= 0.3 is 5.97 Å². The van der Waals surface area contributed by atoms with Gasteiger partial charge in [0.15, 0.2) is 0 Å². The lowest BCUT2D eigenvalue weighted by molar-refractivity contribution is -0.139. The van der Waals surface area contributed by atoms with Crippen molar-refractivity contribution in [1.29, 1.82) is 0 Å². The Morgan fingerprint density at radius 2 is 1.95 bits per heavy atom. The first kappa shape index (κ1) is 16.6. The van der Waals surface area contributed by atoms with E-state index < -0.39 is 12.0 Å². The molecule has 0 radical (unpaired) electrons. The zero-order valence-electron chi connectivity index (χ0n) is 11.8. The van der Waals surface area contributed by atoms with Crippen LogP contribution >= 0.6 is 0 Å². The predicted molar refractivity (Wildman–Crippen MR) is 80.5 cm³/mol. The van der Waals surface area contributed by atoms with Gasteiger partial charge in [-0.25, -0.2) is 0 Å². The number of carbonyl (C=O) groups is 1. The first-order chi connectivity index (χ1) is 9.63. The van der Waals surface area contributed by atoms with Crippen molar-refractivity contribution in [3.05, 3.63) is 35.9 Å². The molecule has 0 saturated carbocycles. The van der Waals surface area contributed by atoms with Crippen LogP contribution in [-0.2, 0) is 11.2 Å². The van der Waals surface area contributed by atoms with Gasteiger partial charge in [0.05, 0.1) is 0 Å². The van der Waals surface area contributed by atoms with Gasteiger partial charge in [-0.2, -0.15) is 0 Å². The maximum absolute atomic E-state index is 11.1. The van der Waals surface area contributed by atoms with E-state index in [1.165, 1.54) is 0 Å². The lowest BCUT2D eigenvalue weighted by Gasteiger charge is -2.18. The molecule has 1 rings (SSSR count). The second-order valence-electron chi connectivity index (χ2n) is 5.03. The Labute approximate surface area is 120 Å². The summed E-state index contributed by atoms with van der Waals surface area (Å²) in [6.45, 7) is 1.09. The molecule has 5 heteroatoms. The summed E-state index contributed by atoms with van der Waals surface area (Å²) in [5.41, 5.74) is 12.6. The molecule has 0 aromatic heterocycles. The molecule has 6 N–H and O–H groups in total. The average Bonchev–Trinajstić information content (AvgIpc) is 2.43. The van der Waals surface area contributed by atoms with Crippen molar-refractivity contribution in [1.82, 2.24) is 5.32 Å². The van der Waals surface area contributed by atoms with E-state index in [0.717, 1.165) is 24.8 Å². The molecule has 0 fully saturated rings. The monoisotopic (exact) mass is 279 g/mol. The van der Waals surface area contributed by atoms with Gasteiger partial charge in [0.2, 0.25) is 0 Å². The van der Waals surface area contributed by atoms with E-state index in [1.54, 1.807) is 0 Å². The van der Waals surface area contributed by atoms with Gasteiger partial charge in [-0.15, -0.1) is 0 Å². The lowest BCUT2D eigenvalue weighted by Crippen LogP contribution is -2.44. The fourth-order valence-electron chi connectivity index (χ4n) is 2.09. The third kappa shape index (κ3) is 6.65. The number of aliphatic carboxylic acids is 1. The minimum Gasteiger partial charge on any atom is -0.480 e. The largest absolute Gasteiger partial charge is 0.480 e. The van der Waals surface area contributed by atoms with Gasteiger partial charge in [0.1, 0.15) is 6.04 Å². The number of unbranched alkanes of at least 4 members (excludes halogenated alkanes) is 1. The zero-order chi connectivity index (χ0) is 14.8. The Morgan fingerprint density at radius 1 is 1.25 bits per heavy atom. The van der Waals surface area contributed by atoms with Crippen molar-refractivity contribution < 1.29 is 9.90 Å². The lowest BCUT2D eigenvalue weighted by atomic mass is 10.1. The molecule has 112 valence electrons.